The molecule has 200 valence electrons. The number of nitrogens with one attached hydrogen (secondary N) is 1. The van der Waals surface area contributed by atoms with Crippen molar-refractivity contribution in [2.75, 3.05) is 18.0 Å². The summed E-state index contributed by atoms with van der Waals surface area (Å²) in [4.78, 5) is 19.2. The largest absolute Gasteiger partial charge is 0.388 e. The highest BCUT2D eigenvalue weighted by molar-refractivity contribution is 6.34. The Bertz CT molecular complexity index is 1690. The van der Waals surface area contributed by atoms with Crippen molar-refractivity contribution in [3.8, 4) is 11.5 Å². The van der Waals surface area contributed by atoms with Crippen LogP contribution < -0.4 is 10.2 Å². The Morgan fingerprint density at radius 3 is 2.67 bits per heavy atom. The smallest absolute Gasteiger partial charge is 0.253 e. The molecular formula is C27H25Cl2N7O3. The Morgan fingerprint density at radius 2 is 1.95 bits per heavy atom. The molecule has 0 aliphatic carbocycles. The average molecular weight is 566 g/mol. The van der Waals surface area contributed by atoms with E-state index in [-0.39, 0.29) is 18.6 Å². The fraction of sp³-hybridized carbons (Fsp3) is 0.259. The highest BCUT2D eigenvalue weighted by atomic mass is 35.5. The first-order chi connectivity index (χ1) is 18.8. The minimum atomic E-state index is -0.260. The molecule has 1 amide bonds. The van der Waals surface area contributed by atoms with Crippen LogP contribution in [0, 0.1) is 13.8 Å². The average Bonchev–Trinajstić information content (AvgIpc) is 3.71. The number of nitrogens with zero attached hydrogens (tertiary/aromatic N) is 6. The molecule has 0 bridgehead atoms. The maximum Gasteiger partial charge on any atom is 0.253 e. The summed E-state index contributed by atoms with van der Waals surface area (Å²) in [5.74, 6) is 0.742. The lowest BCUT2D eigenvalue weighted by Crippen LogP contribution is -2.37. The molecule has 1 aliphatic rings. The number of carbonyl (C=O) groups is 1. The van der Waals surface area contributed by atoms with Gasteiger partial charge in [0, 0.05) is 35.5 Å². The van der Waals surface area contributed by atoms with E-state index >= 15 is 0 Å². The molecule has 10 nitrogen and oxygen atoms in total. The van der Waals surface area contributed by atoms with E-state index in [4.69, 9.17) is 27.7 Å². The Hall–Kier alpha value is -3.86. The third-order valence-electron chi connectivity index (χ3n) is 6.99. The molecular weight excluding hydrogens is 541 g/mol. The first kappa shape index (κ1) is 25.4. The molecule has 3 aromatic heterocycles. The minimum Gasteiger partial charge on any atom is -0.388 e. The van der Waals surface area contributed by atoms with Gasteiger partial charge in [0.2, 0.25) is 0 Å². The molecule has 6 rings (SSSR count). The second-order valence-corrected chi connectivity index (χ2v) is 10.4. The molecule has 1 aliphatic heterocycles. The van der Waals surface area contributed by atoms with Gasteiger partial charge in [-0.3, -0.25) is 9.36 Å². The number of aliphatic hydroxyl groups is 1. The van der Waals surface area contributed by atoms with Crippen molar-refractivity contribution >= 4 is 45.8 Å². The number of hydrogen-bond donors (Lipinski definition) is 2. The summed E-state index contributed by atoms with van der Waals surface area (Å²) < 4.78 is 9.38. The summed E-state index contributed by atoms with van der Waals surface area (Å²) in [6.45, 7) is 5.08. The van der Waals surface area contributed by atoms with E-state index < -0.39 is 0 Å². The van der Waals surface area contributed by atoms with Crippen LogP contribution in [0.3, 0.4) is 0 Å². The number of carbonyl (C=O) groups excluding carboxylic acids is 1. The van der Waals surface area contributed by atoms with Gasteiger partial charge in [0.25, 0.3) is 5.91 Å². The van der Waals surface area contributed by atoms with Crippen LogP contribution in [0.4, 0.5) is 5.69 Å². The summed E-state index contributed by atoms with van der Waals surface area (Å²) >= 11 is 13.0. The first-order valence-corrected chi connectivity index (χ1v) is 13.2. The Kier molecular flexibility index (Phi) is 6.54. The molecule has 5 aromatic rings. The van der Waals surface area contributed by atoms with Gasteiger partial charge in [-0.15, -0.1) is 5.10 Å². The second kappa shape index (κ2) is 10.0. The maximum absolute atomic E-state index is 13.1. The van der Waals surface area contributed by atoms with Crippen LogP contribution in [0.5, 0.6) is 0 Å². The van der Waals surface area contributed by atoms with Crippen LogP contribution in [0.15, 0.2) is 53.3 Å². The second-order valence-electron chi connectivity index (χ2n) is 9.59. The van der Waals surface area contributed by atoms with Crippen LogP contribution in [0.1, 0.15) is 34.0 Å². The van der Waals surface area contributed by atoms with Gasteiger partial charge >= 0.3 is 0 Å². The number of hydrogen-bond acceptors (Lipinski definition) is 7. The number of fused-ring (bicyclic) bond motifs is 1. The summed E-state index contributed by atoms with van der Waals surface area (Å²) in [5.41, 5.74) is 4.60. The minimum absolute atomic E-state index is 0.0963. The number of aryl methyl sites for hydroxylation is 2. The van der Waals surface area contributed by atoms with Crippen LogP contribution in [0.25, 0.3) is 22.5 Å². The van der Waals surface area contributed by atoms with Gasteiger partial charge in [-0.05, 0) is 62.7 Å². The topological polar surface area (TPSA) is 114 Å². The van der Waals surface area contributed by atoms with Crippen LogP contribution in [0.2, 0.25) is 10.0 Å². The molecule has 2 N–H and O–H groups in total. The molecule has 2 aromatic carbocycles. The third kappa shape index (κ3) is 4.64. The highest BCUT2D eigenvalue weighted by Crippen LogP contribution is 2.36. The van der Waals surface area contributed by atoms with Crippen LogP contribution in [-0.2, 0) is 6.61 Å². The standard InChI is InChI=1S/C27H25Cl2N7O3/c1-15-3-4-16(2)36(15)26-21-9-17(28)10-23(25(21)39-33-26)34-8-7-18(12-34)31-27(38)20-6-5-19(11-22(20)29)35-14-30-24(13-37)32-35/h3-6,9-11,14,18,37H,7-8,12-13H2,1-2H3,(H,31,38)/t18-/m1/s1. The lowest BCUT2D eigenvalue weighted by atomic mass is 10.1. The first-order valence-electron chi connectivity index (χ1n) is 12.4. The van der Waals surface area contributed by atoms with E-state index in [2.05, 4.69) is 25.5 Å². The lowest BCUT2D eigenvalue weighted by molar-refractivity contribution is 0.0940. The van der Waals surface area contributed by atoms with Crippen molar-refractivity contribution in [1.29, 1.82) is 0 Å². The maximum atomic E-state index is 13.1. The number of benzene rings is 2. The monoisotopic (exact) mass is 565 g/mol. The van der Waals surface area contributed by atoms with Gasteiger partial charge < -0.3 is 19.8 Å². The quantitative estimate of drug-likeness (QED) is 0.308. The summed E-state index contributed by atoms with van der Waals surface area (Å²) in [6, 6.07) is 12.8. The van der Waals surface area contributed by atoms with Crippen molar-refractivity contribution < 1.29 is 14.4 Å². The number of amides is 1. The molecule has 0 saturated carbocycles. The third-order valence-corrected chi connectivity index (χ3v) is 7.52. The van der Waals surface area contributed by atoms with E-state index in [1.807, 2.05) is 42.7 Å². The zero-order valence-corrected chi connectivity index (χ0v) is 22.7. The predicted molar refractivity (Wildman–Crippen MR) is 148 cm³/mol. The van der Waals surface area contributed by atoms with Gasteiger partial charge in [0.15, 0.2) is 17.2 Å². The van der Waals surface area contributed by atoms with Gasteiger partial charge in [-0.1, -0.05) is 28.4 Å². The normalized spacial score (nSPS) is 15.4. The SMILES string of the molecule is Cc1ccc(C)n1-c1noc2c(N3CC[C@@H](NC(=O)c4ccc(-n5cnc(CO)n5)cc4Cl)C3)cc(Cl)cc12. The summed E-state index contributed by atoms with van der Waals surface area (Å²) in [6.07, 6.45) is 2.23. The van der Waals surface area contributed by atoms with Crippen molar-refractivity contribution in [1.82, 2.24) is 29.8 Å². The van der Waals surface area contributed by atoms with Crippen molar-refractivity contribution in [3.05, 3.63) is 81.6 Å². The number of aromatic nitrogens is 5. The number of anilines is 1. The summed E-state index contributed by atoms with van der Waals surface area (Å²) in [7, 11) is 0. The Balaban J connectivity index is 1.20. The summed E-state index contributed by atoms with van der Waals surface area (Å²) in [5, 5.41) is 22.5. The molecule has 1 atom stereocenters. The molecule has 0 spiro atoms. The zero-order valence-electron chi connectivity index (χ0n) is 21.2. The van der Waals surface area contributed by atoms with Crippen LogP contribution >= 0.6 is 23.2 Å². The predicted octanol–water partition coefficient (Wildman–Crippen LogP) is 4.62. The van der Waals surface area contributed by atoms with E-state index in [9.17, 15) is 9.90 Å². The van der Waals surface area contributed by atoms with Gasteiger partial charge in [0.1, 0.15) is 12.9 Å². The molecule has 12 heteroatoms. The number of halogens is 2. The van der Waals surface area contributed by atoms with Crippen molar-refractivity contribution in [3.63, 3.8) is 0 Å². The van der Waals surface area contributed by atoms with Crippen LogP contribution in [-0.4, -0.2) is 54.6 Å². The van der Waals surface area contributed by atoms with E-state index in [0.717, 1.165) is 28.9 Å². The molecule has 1 saturated heterocycles. The molecule has 0 radical (unpaired) electrons. The Labute approximate surface area is 233 Å². The zero-order chi connectivity index (χ0) is 27.3. The van der Waals surface area contributed by atoms with E-state index in [0.29, 0.717) is 51.6 Å². The lowest BCUT2D eigenvalue weighted by Gasteiger charge is -2.19. The van der Waals surface area contributed by atoms with Crippen molar-refractivity contribution in [2.45, 2.75) is 32.9 Å². The molecule has 0 unspecified atom stereocenters. The van der Waals surface area contributed by atoms with Gasteiger partial charge in [-0.25, -0.2) is 9.67 Å². The molecule has 1 fully saturated rings. The van der Waals surface area contributed by atoms with E-state index in [1.165, 1.54) is 11.0 Å². The fourth-order valence-electron chi connectivity index (χ4n) is 5.06. The highest BCUT2D eigenvalue weighted by Gasteiger charge is 2.28. The van der Waals surface area contributed by atoms with Gasteiger partial charge in [0.05, 0.1) is 27.3 Å². The van der Waals surface area contributed by atoms with Gasteiger partial charge in [-0.2, -0.15) is 0 Å². The molecule has 4 heterocycles. The van der Waals surface area contributed by atoms with Crippen molar-refractivity contribution in [2.24, 2.45) is 0 Å². The Morgan fingerprint density at radius 1 is 1.15 bits per heavy atom. The molecule has 39 heavy (non-hydrogen) atoms. The number of rotatable bonds is 6. The fourth-order valence-corrected chi connectivity index (χ4v) is 5.54. The van der Waals surface area contributed by atoms with E-state index in [1.54, 1.807) is 18.2 Å². The number of aliphatic hydroxyl groups excluding tert-OH is 1.